The highest BCUT2D eigenvalue weighted by molar-refractivity contribution is 6.48. The molecule has 1 aromatic heterocycles. The summed E-state index contributed by atoms with van der Waals surface area (Å²) in [6.07, 6.45) is 4.64. The number of rotatable bonds is 4. The number of para-hydroxylation sites is 1. The largest absolute Gasteiger partial charge is 0.461 e. The molecule has 0 fully saturated rings. The number of carbonyl (C=O) groups excluding carboxylic acids is 2. The van der Waals surface area contributed by atoms with Crippen LogP contribution in [0.1, 0.15) is 23.4 Å². The number of allylic oxidation sites excluding steroid dienone is 1. The molecule has 0 spiro atoms. The van der Waals surface area contributed by atoms with Crippen molar-refractivity contribution in [3.63, 3.8) is 0 Å². The van der Waals surface area contributed by atoms with Gasteiger partial charge >= 0.3 is 0 Å². The van der Waals surface area contributed by atoms with Crippen LogP contribution in [0.25, 0.3) is 0 Å². The van der Waals surface area contributed by atoms with Crippen molar-refractivity contribution in [1.29, 1.82) is 0 Å². The number of carbonyl (C=O) groups is 2. The molecule has 0 bridgehead atoms. The van der Waals surface area contributed by atoms with Gasteiger partial charge in [-0.25, -0.2) is 0 Å². The van der Waals surface area contributed by atoms with Crippen LogP contribution in [-0.2, 0) is 4.79 Å². The third-order valence-corrected chi connectivity index (χ3v) is 3.49. The summed E-state index contributed by atoms with van der Waals surface area (Å²) >= 11 is 0. The summed E-state index contributed by atoms with van der Waals surface area (Å²) in [4.78, 5) is 26.3. The van der Waals surface area contributed by atoms with E-state index in [1.165, 1.54) is 12.3 Å². The highest BCUT2D eigenvalue weighted by atomic mass is 16.3. The van der Waals surface area contributed by atoms with Crippen LogP contribution < -0.4 is 4.90 Å². The highest BCUT2D eigenvalue weighted by Gasteiger charge is 2.25. The lowest BCUT2D eigenvalue weighted by Crippen LogP contribution is -2.27. The van der Waals surface area contributed by atoms with Crippen molar-refractivity contribution in [2.75, 3.05) is 11.4 Å². The zero-order valence-corrected chi connectivity index (χ0v) is 11.5. The smallest absolute Gasteiger partial charge is 0.268 e. The van der Waals surface area contributed by atoms with Gasteiger partial charge < -0.3 is 9.32 Å². The molecular formula is C17H15NO3. The van der Waals surface area contributed by atoms with Gasteiger partial charge in [-0.3, -0.25) is 9.59 Å². The zero-order valence-electron chi connectivity index (χ0n) is 11.5. The molecule has 106 valence electrons. The summed E-state index contributed by atoms with van der Waals surface area (Å²) < 4.78 is 5.01. The maximum atomic E-state index is 12.3. The molecule has 4 heteroatoms. The van der Waals surface area contributed by atoms with Crippen molar-refractivity contribution in [2.45, 2.75) is 12.8 Å². The molecule has 0 aliphatic carbocycles. The lowest BCUT2D eigenvalue weighted by atomic mass is 9.99. The topological polar surface area (TPSA) is 50.5 Å². The van der Waals surface area contributed by atoms with Gasteiger partial charge in [0.2, 0.25) is 5.78 Å². The van der Waals surface area contributed by atoms with Gasteiger partial charge in [-0.1, -0.05) is 18.2 Å². The van der Waals surface area contributed by atoms with Crippen molar-refractivity contribution < 1.29 is 14.0 Å². The summed E-state index contributed by atoms with van der Waals surface area (Å²) in [7, 11) is 0. The van der Waals surface area contributed by atoms with Gasteiger partial charge in [0.1, 0.15) is 0 Å². The number of furan rings is 1. The van der Waals surface area contributed by atoms with E-state index < -0.39 is 11.6 Å². The summed E-state index contributed by atoms with van der Waals surface area (Å²) in [5.41, 5.74) is 1.56. The number of benzene rings is 1. The third kappa shape index (κ3) is 2.79. The second-order valence-corrected chi connectivity index (χ2v) is 4.92. The van der Waals surface area contributed by atoms with Crippen LogP contribution in [0.3, 0.4) is 0 Å². The van der Waals surface area contributed by atoms with Crippen LogP contribution in [0.5, 0.6) is 0 Å². The van der Waals surface area contributed by atoms with Gasteiger partial charge in [0.15, 0.2) is 5.76 Å². The molecule has 21 heavy (non-hydrogen) atoms. The molecule has 0 radical (unpaired) electrons. The average molecular weight is 281 g/mol. The zero-order chi connectivity index (χ0) is 14.7. The van der Waals surface area contributed by atoms with Gasteiger partial charge in [0, 0.05) is 24.0 Å². The number of hydrogen-bond acceptors (Lipinski definition) is 4. The van der Waals surface area contributed by atoms with E-state index in [2.05, 4.69) is 0 Å². The van der Waals surface area contributed by atoms with E-state index in [0.717, 1.165) is 18.7 Å². The Morgan fingerprint density at radius 3 is 2.52 bits per heavy atom. The van der Waals surface area contributed by atoms with Crippen LogP contribution >= 0.6 is 0 Å². The molecule has 1 aliphatic heterocycles. The van der Waals surface area contributed by atoms with E-state index in [9.17, 15) is 9.59 Å². The number of Topliss-reactive ketones (excluding diaryl/α,β-unsaturated/α-hetero) is 2. The highest BCUT2D eigenvalue weighted by Crippen LogP contribution is 2.23. The summed E-state index contributed by atoms with van der Waals surface area (Å²) in [5.74, 6) is -0.968. The molecule has 0 saturated carbocycles. The molecule has 0 saturated heterocycles. The van der Waals surface area contributed by atoms with E-state index in [-0.39, 0.29) is 5.76 Å². The minimum Gasteiger partial charge on any atom is -0.461 e. The average Bonchev–Trinajstić information content (AvgIpc) is 3.09. The number of ketones is 2. The molecule has 3 rings (SSSR count). The predicted octanol–water partition coefficient (Wildman–Crippen LogP) is 3.22. The molecule has 1 aromatic carbocycles. The molecule has 2 aromatic rings. The Hall–Kier alpha value is -2.62. The molecule has 0 N–H and O–H groups in total. The fourth-order valence-corrected chi connectivity index (χ4v) is 2.42. The van der Waals surface area contributed by atoms with Gasteiger partial charge in [-0.05, 0) is 37.1 Å². The van der Waals surface area contributed by atoms with Gasteiger partial charge in [0.25, 0.3) is 5.78 Å². The fourth-order valence-electron chi connectivity index (χ4n) is 2.42. The maximum absolute atomic E-state index is 12.3. The SMILES string of the molecule is O=C(C(=O)c1ccco1)C1=CN(c2ccccc2)CCC1. The standard InChI is InChI=1S/C17H15NO3/c19-16(17(20)15-9-5-11-21-15)13-6-4-10-18(12-13)14-7-2-1-3-8-14/h1-3,5,7-9,11-12H,4,6,10H2. The van der Waals surface area contributed by atoms with E-state index in [1.807, 2.05) is 35.2 Å². The minimum absolute atomic E-state index is 0.0951. The van der Waals surface area contributed by atoms with Crippen molar-refractivity contribution in [3.05, 3.63) is 66.3 Å². The Kier molecular flexibility index (Phi) is 3.69. The van der Waals surface area contributed by atoms with E-state index in [0.29, 0.717) is 12.0 Å². The first kappa shape index (κ1) is 13.4. The molecule has 0 unspecified atom stereocenters. The van der Waals surface area contributed by atoms with Gasteiger partial charge in [-0.2, -0.15) is 0 Å². The Bertz CT molecular complexity index is 671. The normalized spacial score (nSPS) is 14.7. The first-order valence-corrected chi connectivity index (χ1v) is 6.90. The monoisotopic (exact) mass is 281 g/mol. The molecule has 4 nitrogen and oxygen atoms in total. The Morgan fingerprint density at radius 2 is 1.81 bits per heavy atom. The predicted molar refractivity (Wildman–Crippen MR) is 79.2 cm³/mol. The maximum Gasteiger partial charge on any atom is 0.268 e. The second-order valence-electron chi connectivity index (χ2n) is 4.92. The Labute approximate surface area is 122 Å². The summed E-state index contributed by atoms with van der Waals surface area (Å²) in [6, 6.07) is 12.9. The lowest BCUT2D eigenvalue weighted by molar-refractivity contribution is -0.112. The van der Waals surface area contributed by atoms with Crippen LogP contribution in [0, 0.1) is 0 Å². The van der Waals surface area contributed by atoms with Crippen LogP contribution in [-0.4, -0.2) is 18.1 Å². The quantitative estimate of drug-likeness (QED) is 0.638. The molecule has 0 amide bonds. The van der Waals surface area contributed by atoms with Crippen LogP contribution in [0.15, 0.2) is 64.9 Å². The van der Waals surface area contributed by atoms with Crippen LogP contribution in [0.4, 0.5) is 5.69 Å². The van der Waals surface area contributed by atoms with E-state index in [4.69, 9.17) is 4.42 Å². The summed E-state index contributed by atoms with van der Waals surface area (Å²) in [5, 5.41) is 0. The van der Waals surface area contributed by atoms with E-state index >= 15 is 0 Å². The second kappa shape index (κ2) is 5.79. The van der Waals surface area contributed by atoms with Crippen molar-refractivity contribution in [1.82, 2.24) is 0 Å². The van der Waals surface area contributed by atoms with Crippen LogP contribution in [0.2, 0.25) is 0 Å². The lowest BCUT2D eigenvalue weighted by Gasteiger charge is -2.26. The number of anilines is 1. The van der Waals surface area contributed by atoms with Crippen molar-refractivity contribution in [2.24, 2.45) is 0 Å². The minimum atomic E-state index is -0.582. The summed E-state index contributed by atoms with van der Waals surface area (Å²) in [6.45, 7) is 0.843. The Morgan fingerprint density at radius 1 is 1.00 bits per heavy atom. The van der Waals surface area contributed by atoms with E-state index in [1.54, 1.807) is 12.3 Å². The molecule has 2 heterocycles. The first-order valence-electron chi connectivity index (χ1n) is 6.90. The van der Waals surface area contributed by atoms with Crippen molar-refractivity contribution >= 4 is 17.3 Å². The molecule has 0 atom stereocenters. The first-order chi connectivity index (χ1) is 10.3. The van der Waals surface area contributed by atoms with Gasteiger partial charge in [-0.15, -0.1) is 0 Å². The number of hydrogen-bond donors (Lipinski definition) is 0. The molecular weight excluding hydrogens is 266 g/mol. The number of nitrogens with zero attached hydrogens (tertiary/aromatic N) is 1. The Balaban J connectivity index is 1.83. The van der Waals surface area contributed by atoms with Crippen molar-refractivity contribution in [3.8, 4) is 0 Å². The third-order valence-electron chi connectivity index (χ3n) is 3.49. The molecule has 1 aliphatic rings. The fraction of sp³-hybridized carbons (Fsp3) is 0.176. The van der Waals surface area contributed by atoms with Gasteiger partial charge in [0.05, 0.1) is 6.26 Å².